The van der Waals surface area contributed by atoms with Crippen molar-refractivity contribution in [1.82, 2.24) is 0 Å². The number of hydrogen-bond acceptors (Lipinski definition) is 9. The summed E-state index contributed by atoms with van der Waals surface area (Å²) >= 11 is 2.79. The molecule has 0 saturated carbocycles. The number of carbonyl (C=O) groups excluding carboxylic acids is 1. The molecule has 1 heterocycles. The van der Waals surface area contributed by atoms with Gasteiger partial charge in [0.05, 0.1) is 20.8 Å². The van der Waals surface area contributed by atoms with Crippen LogP contribution in [0.25, 0.3) is 6.08 Å². The van der Waals surface area contributed by atoms with Crippen LogP contribution in [0.3, 0.4) is 0 Å². The van der Waals surface area contributed by atoms with E-state index in [9.17, 15) is 25.2 Å². The number of allylic oxidation sites excluding steroid dienone is 1. The molecule has 0 bridgehead atoms. The number of ether oxygens (including phenoxy) is 4. The van der Waals surface area contributed by atoms with Crippen LogP contribution in [0.4, 0.5) is 0 Å². The van der Waals surface area contributed by atoms with E-state index in [2.05, 4.69) is 15.9 Å². The van der Waals surface area contributed by atoms with Gasteiger partial charge in [-0.2, -0.15) is 0 Å². The molecule has 5 atom stereocenters. The maximum atomic E-state index is 11.0. The zero-order valence-corrected chi connectivity index (χ0v) is 16.2. The second kappa shape index (κ2) is 9.49. The van der Waals surface area contributed by atoms with Crippen molar-refractivity contribution in [3.8, 4) is 17.2 Å². The quantitative estimate of drug-likeness (QED) is 0.330. The molecule has 0 aromatic heterocycles. The van der Waals surface area contributed by atoms with E-state index in [0.717, 1.165) is 0 Å². The number of carbonyl (C=O) groups is 1. The van der Waals surface area contributed by atoms with E-state index in [-0.39, 0.29) is 21.9 Å². The van der Waals surface area contributed by atoms with Crippen LogP contribution < -0.4 is 14.2 Å². The van der Waals surface area contributed by atoms with Crippen LogP contribution in [0.1, 0.15) is 5.56 Å². The highest BCUT2D eigenvalue weighted by Crippen LogP contribution is 2.40. The van der Waals surface area contributed by atoms with Crippen molar-refractivity contribution in [3.05, 3.63) is 23.8 Å². The van der Waals surface area contributed by atoms with Gasteiger partial charge in [-0.15, -0.1) is 0 Å². The number of rotatable bonds is 7. The molecule has 1 fully saturated rings. The molecule has 9 nitrogen and oxygen atoms in total. The molecule has 1 saturated heterocycles. The summed E-state index contributed by atoms with van der Waals surface area (Å²) in [6, 6.07) is 3.13. The molecule has 0 aliphatic carbocycles. The highest BCUT2D eigenvalue weighted by molar-refractivity contribution is 9.18. The van der Waals surface area contributed by atoms with Gasteiger partial charge >= 0.3 is 0 Å². The maximum absolute atomic E-state index is 11.0. The average molecular weight is 449 g/mol. The molecule has 1 aromatic rings. The highest BCUT2D eigenvalue weighted by atomic mass is 79.9. The molecule has 1 aliphatic rings. The Bertz CT molecular complexity index is 666. The Morgan fingerprint density at radius 2 is 1.74 bits per heavy atom. The normalized spacial score (nSPS) is 28.2. The van der Waals surface area contributed by atoms with Gasteiger partial charge < -0.3 is 39.4 Å². The molecule has 0 radical (unpaired) electrons. The Kier molecular flexibility index (Phi) is 7.59. The van der Waals surface area contributed by atoms with E-state index in [1.807, 2.05) is 0 Å². The van der Waals surface area contributed by atoms with Crippen molar-refractivity contribution in [1.29, 1.82) is 0 Å². The third-order valence-electron chi connectivity index (χ3n) is 3.97. The second-order valence-corrected chi connectivity index (χ2v) is 6.49. The number of aliphatic hydroxyl groups excluding tert-OH is 4. The Morgan fingerprint density at radius 1 is 1.15 bits per heavy atom. The minimum atomic E-state index is -1.58. The lowest BCUT2D eigenvalue weighted by atomic mass is 9.99. The summed E-state index contributed by atoms with van der Waals surface area (Å²) in [5, 5.41) is 39.1. The molecule has 0 spiro atoms. The van der Waals surface area contributed by atoms with Gasteiger partial charge in [-0.25, -0.2) is 0 Å². The van der Waals surface area contributed by atoms with Crippen LogP contribution >= 0.6 is 15.9 Å². The minimum Gasteiger partial charge on any atom is -0.493 e. The lowest BCUT2D eigenvalue weighted by Crippen LogP contribution is -2.60. The smallest absolute Gasteiger partial charge is 0.229 e. The summed E-state index contributed by atoms with van der Waals surface area (Å²) in [5.74, 6) is 0.507. The molecular weight excluding hydrogens is 428 g/mol. The van der Waals surface area contributed by atoms with Crippen molar-refractivity contribution >= 4 is 26.7 Å². The van der Waals surface area contributed by atoms with Crippen molar-refractivity contribution in [2.24, 2.45) is 0 Å². The zero-order valence-electron chi connectivity index (χ0n) is 14.6. The third-order valence-corrected chi connectivity index (χ3v) is 4.24. The largest absolute Gasteiger partial charge is 0.493 e. The molecule has 2 rings (SSSR count). The summed E-state index contributed by atoms with van der Waals surface area (Å²) in [4.78, 5) is 11.0. The predicted octanol–water partition coefficient (Wildman–Crippen LogP) is -0.183. The molecule has 0 amide bonds. The van der Waals surface area contributed by atoms with Gasteiger partial charge in [0, 0.05) is 0 Å². The van der Waals surface area contributed by atoms with Crippen molar-refractivity contribution in [2.75, 3.05) is 20.8 Å². The molecule has 1 aromatic carbocycles. The van der Waals surface area contributed by atoms with Crippen LogP contribution in [0.15, 0.2) is 18.2 Å². The van der Waals surface area contributed by atoms with Gasteiger partial charge in [-0.05, 0) is 39.7 Å². The first-order valence-corrected chi connectivity index (χ1v) is 8.72. The topological polar surface area (TPSA) is 135 Å². The third kappa shape index (κ3) is 4.98. The summed E-state index contributed by atoms with van der Waals surface area (Å²) in [7, 11) is 2.77. The first-order chi connectivity index (χ1) is 12.8. The Labute approximate surface area is 163 Å². The van der Waals surface area contributed by atoms with Crippen LogP contribution in [-0.4, -0.2) is 76.7 Å². The van der Waals surface area contributed by atoms with Crippen LogP contribution in [-0.2, 0) is 9.53 Å². The molecule has 4 N–H and O–H groups in total. The van der Waals surface area contributed by atoms with Crippen LogP contribution in [0, 0.1) is 0 Å². The van der Waals surface area contributed by atoms with Crippen molar-refractivity contribution in [2.45, 2.75) is 30.7 Å². The number of aliphatic hydroxyl groups is 4. The molecule has 0 unspecified atom stereocenters. The zero-order chi connectivity index (χ0) is 20.1. The molecule has 27 heavy (non-hydrogen) atoms. The molecular formula is C17H21BrO9. The van der Waals surface area contributed by atoms with Gasteiger partial charge in [-0.3, -0.25) is 4.79 Å². The average Bonchev–Trinajstić information content (AvgIpc) is 2.66. The first-order valence-electron chi connectivity index (χ1n) is 7.93. The van der Waals surface area contributed by atoms with E-state index in [0.29, 0.717) is 5.56 Å². The van der Waals surface area contributed by atoms with E-state index in [1.54, 1.807) is 12.1 Å². The molecule has 10 heteroatoms. The van der Waals surface area contributed by atoms with Gasteiger partial charge in [0.1, 0.15) is 24.4 Å². The standard InChI is InChI=1S/C17H21BrO9/c1-24-9-5-8(3-4-12(18)20)6-10(25-2)16(9)27-17-15(23)14(22)13(21)11(7-19)26-17/h3-6,11,13-15,17,19,21-23H,7H2,1-2H3/b4-3+/t11-,13-,14+,15+,17-/m1/s1. The van der Waals surface area contributed by atoms with Gasteiger partial charge in [-0.1, -0.05) is 6.08 Å². The maximum Gasteiger partial charge on any atom is 0.229 e. The highest BCUT2D eigenvalue weighted by Gasteiger charge is 2.45. The summed E-state index contributed by atoms with van der Waals surface area (Å²) in [5.41, 5.74) is 0.581. The van der Waals surface area contributed by atoms with Crippen LogP contribution in [0.2, 0.25) is 0 Å². The Hall–Kier alpha value is -1.69. The monoisotopic (exact) mass is 448 g/mol. The van der Waals surface area contributed by atoms with E-state index in [4.69, 9.17) is 18.9 Å². The van der Waals surface area contributed by atoms with E-state index >= 15 is 0 Å². The number of halogens is 1. The summed E-state index contributed by atoms with van der Waals surface area (Å²) in [6.07, 6.45) is -4.34. The Balaban J connectivity index is 2.35. The molecule has 150 valence electrons. The van der Waals surface area contributed by atoms with Crippen LogP contribution in [0.5, 0.6) is 17.2 Å². The lowest BCUT2D eigenvalue weighted by Gasteiger charge is -2.39. The summed E-state index contributed by atoms with van der Waals surface area (Å²) in [6.45, 7) is -0.580. The Morgan fingerprint density at radius 3 is 2.22 bits per heavy atom. The fraction of sp³-hybridized carbons (Fsp3) is 0.471. The number of methoxy groups -OCH3 is 2. The fourth-order valence-corrected chi connectivity index (χ4v) is 2.69. The van der Waals surface area contributed by atoms with Gasteiger partial charge in [0.2, 0.25) is 16.7 Å². The van der Waals surface area contributed by atoms with Gasteiger partial charge in [0.15, 0.2) is 11.5 Å². The SMILES string of the molecule is COc1cc(/C=C/C(=O)Br)cc(OC)c1O[C@H]1O[C@H](CO)[C@@H](O)[C@H](O)[C@@H]1O. The second-order valence-electron chi connectivity index (χ2n) is 5.71. The molecule has 1 aliphatic heterocycles. The number of hydrogen-bond donors (Lipinski definition) is 4. The van der Waals surface area contributed by atoms with E-state index in [1.165, 1.54) is 26.4 Å². The predicted molar refractivity (Wildman–Crippen MR) is 96.9 cm³/mol. The van der Waals surface area contributed by atoms with E-state index < -0.39 is 37.3 Å². The fourth-order valence-electron chi connectivity index (χ4n) is 2.56. The summed E-state index contributed by atoms with van der Waals surface area (Å²) < 4.78 is 21.2. The number of benzene rings is 1. The lowest BCUT2D eigenvalue weighted by molar-refractivity contribution is -0.277. The first kappa shape index (κ1) is 21.6. The van der Waals surface area contributed by atoms with Crippen molar-refractivity contribution in [3.63, 3.8) is 0 Å². The minimum absolute atomic E-state index is 0.0756. The van der Waals surface area contributed by atoms with Crippen molar-refractivity contribution < 1.29 is 44.2 Å². The van der Waals surface area contributed by atoms with Gasteiger partial charge in [0.25, 0.3) is 0 Å².